The zero-order valence-electron chi connectivity index (χ0n) is 13.3. The highest BCUT2D eigenvalue weighted by Gasteiger charge is 2.24. The molecule has 0 radical (unpaired) electrons. The third kappa shape index (κ3) is 5.06. The molecule has 2 aromatic rings. The van der Waals surface area contributed by atoms with Gasteiger partial charge in [-0.15, -0.1) is 12.4 Å². The second-order valence-corrected chi connectivity index (χ2v) is 5.36. The van der Waals surface area contributed by atoms with E-state index in [4.69, 9.17) is 15.0 Å². The maximum Gasteiger partial charge on any atom is 0.250 e. The Morgan fingerprint density at radius 3 is 2.43 bits per heavy atom. The van der Waals surface area contributed by atoms with Crippen LogP contribution in [0.25, 0.3) is 12.2 Å². The van der Waals surface area contributed by atoms with Gasteiger partial charge in [0.05, 0.1) is 7.11 Å². The van der Waals surface area contributed by atoms with Gasteiger partial charge in [-0.1, -0.05) is 31.1 Å². The number of aliphatic hydroxyl groups excluding tert-OH is 1. The first kappa shape index (κ1) is 19.2. The van der Waals surface area contributed by atoms with E-state index < -0.39 is 12.1 Å². The minimum absolute atomic E-state index is 0. The van der Waals surface area contributed by atoms with Gasteiger partial charge in [-0.05, 0) is 29.7 Å². The van der Waals surface area contributed by atoms with Crippen molar-refractivity contribution in [2.75, 3.05) is 7.11 Å². The fourth-order valence-corrected chi connectivity index (χ4v) is 1.85. The third-order valence-corrected chi connectivity index (χ3v) is 3.39. The largest absolute Gasteiger partial charge is 0.497 e. The Morgan fingerprint density at radius 2 is 1.87 bits per heavy atom. The number of rotatable bonds is 6. The predicted octanol–water partition coefficient (Wildman–Crippen LogP) is 2.69. The minimum atomic E-state index is -0.938. The van der Waals surface area contributed by atoms with E-state index in [2.05, 4.69) is 10.1 Å². The molecule has 0 aliphatic carbocycles. The molecule has 0 fully saturated rings. The Balaban J connectivity index is 0.00000264. The lowest BCUT2D eigenvalue weighted by Gasteiger charge is -2.18. The first-order chi connectivity index (χ1) is 10.5. The Labute approximate surface area is 141 Å². The molecule has 126 valence electrons. The van der Waals surface area contributed by atoms with E-state index in [9.17, 15) is 5.11 Å². The molecule has 0 aliphatic rings. The molecule has 1 heterocycles. The molecule has 7 heteroatoms. The number of halogens is 1. The lowest BCUT2D eigenvalue weighted by atomic mass is 9.99. The van der Waals surface area contributed by atoms with Crippen LogP contribution in [0, 0.1) is 5.92 Å². The number of nitrogens with two attached hydrogens (primary N) is 1. The molecule has 6 nitrogen and oxygen atoms in total. The van der Waals surface area contributed by atoms with Crippen molar-refractivity contribution in [3.05, 3.63) is 41.5 Å². The van der Waals surface area contributed by atoms with Gasteiger partial charge in [-0.25, -0.2) is 0 Å². The van der Waals surface area contributed by atoms with E-state index in [-0.39, 0.29) is 24.1 Å². The van der Waals surface area contributed by atoms with Gasteiger partial charge in [-0.3, -0.25) is 0 Å². The van der Waals surface area contributed by atoms with Gasteiger partial charge in [0.15, 0.2) is 0 Å². The van der Waals surface area contributed by atoms with Crippen molar-refractivity contribution >= 4 is 24.6 Å². The fraction of sp³-hybridized carbons (Fsp3) is 0.375. The Hall–Kier alpha value is -1.89. The third-order valence-electron chi connectivity index (χ3n) is 3.39. The lowest BCUT2D eigenvalue weighted by molar-refractivity contribution is 0.114. The lowest BCUT2D eigenvalue weighted by Crippen LogP contribution is -2.34. The van der Waals surface area contributed by atoms with Crippen LogP contribution in [-0.4, -0.2) is 28.4 Å². The Kier molecular flexibility index (Phi) is 7.22. The van der Waals surface area contributed by atoms with Crippen LogP contribution < -0.4 is 10.5 Å². The number of ether oxygens (including phenoxy) is 1. The van der Waals surface area contributed by atoms with Gasteiger partial charge in [0.25, 0.3) is 5.89 Å². The number of hydrogen-bond donors (Lipinski definition) is 2. The van der Waals surface area contributed by atoms with Gasteiger partial charge < -0.3 is 20.1 Å². The van der Waals surface area contributed by atoms with Crippen LogP contribution in [0.3, 0.4) is 0 Å². The molecule has 2 atom stereocenters. The monoisotopic (exact) mass is 339 g/mol. The number of methoxy groups -OCH3 is 1. The average molecular weight is 340 g/mol. The molecule has 1 unspecified atom stereocenters. The summed E-state index contributed by atoms with van der Waals surface area (Å²) < 4.78 is 10.2. The minimum Gasteiger partial charge on any atom is -0.497 e. The summed E-state index contributed by atoms with van der Waals surface area (Å²) in [6, 6.07) is 7.12. The van der Waals surface area contributed by atoms with Crippen molar-refractivity contribution in [1.82, 2.24) is 10.1 Å². The van der Waals surface area contributed by atoms with E-state index in [1.54, 1.807) is 13.2 Å². The Bertz CT molecular complexity index is 626. The molecule has 1 aromatic carbocycles. The van der Waals surface area contributed by atoms with E-state index in [0.29, 0.717) is 5.89 Å². The van der Waals surface area contributed by atoms with Crippen molar-refractivity contribution in [2.45, 2.75) is 26.0 Å². The summed E-state index contributed by atoms with van der Waals surface area (Å²) in [5, 5.41) is 13.8. The van der Waals surface area contributed by atoms with E-state index >= 15 is 0 Å². The molecule has 0 aliphatic heterocycles. The molecule has 0 amide bonds. The second-order valence-electron chi connectivity index (χ2n) is 5.36. The maximum atomic E-state index is 10.1. The predicted molar refractivity (Wildman–Crippen MR) is 91.2 cm³/mol. The number of hydrogen-bond acceptors (Lipinski definition) is 6. The molecule has 0 saturated carbocycles. The van der Waals surface area contributed by atoms with Gasteiger partial charge in [0.1, 0.15) is 11.9 Å². The van der Waals surface area contributed by atoms with Crippen molar-refractivity contribution < 1.29 is 14.4 Å². The molecule has 0 saturated heterocycles. The quantitative estimate of drug-likeness (QED) is 0.840. The maximum absolute atomic E-state index is 10.1. The van der Waals surface area contributed by atoms with Crippen LogP contribution in [-0.2, 0) is 0 Å². The summed E-state index contributed by atoms with van der Waals surface area (Å²) >= 11 is 0. The van der Waals surface area contributed by atoms with Crippen molar-refractivity contribution in [3.63, 3.8) is 0 Å². The zero-order chi connectivity index (χ0) is 16.1. The number of nitrogens with zero attached hydrogens (tertiary/aromatic N) is 2. The van der Waals surface area contributed by atoms with Crippen molar-refractivity contribution in [2.24, 2.45) is 11.7 Å². The van der Waals surface area contributed by atoms with Crippen molar-refractivity contribution in [1.29, 1.82) is 0 Å². The molecular weight excluding hydrogens is 318 g/mol. The smallest absolute Gasteiger partial charge is 0.250 e. The number of aromatic nitrogens is 2. The normalized spacial score (nSPS) is 13.8. The summed E-state index contributed by atoms with van der Waals surface area (Å²) in [4.78, 5) is 4.14. The van der Waals surface area contributed by atoms with Gasteiger partial charge in [0.2, 0.25) is 5.82 Å². The highest BCUT2D eigenvalue weighted by molar-refractivity contribution is 5.85. The molecule has 3 N–H and O–H groups in total. The first-order valence-corrected chi connectivity index (χ1v) is 7.10. The molecule has 0 spiro atoms. The summed E-state index contributed by atoms with van der Waals surface area (Å²) in [7, 11) is 1.62. The summed E-state index contributed by atoms with van der Waals surface area (Å²) in [6.45, 7) is 3.86. The van der Waals surface area contributed by atoms with Crippen LogP contribution in [0.5, 0.6) is 5.75 Å². The number of benzene rings is 1. The zero-order valence-corrected chi connectivity index (χ0v) is 14.2. The van der Waals surface area contributed by atoms with Crippen LogP contribution >= 0.6 is 12.4 Å². The molecule has 1 aromatic heterocycles. The van der Waals surface area contributed by atoms with Crippen molar-refractivity contribution in [3.8, 4) is 5.75 Å². The summed E-state index contributed by atoms with van der Waals surface area (Å²) in [6.07, 6.45) is 2.59. The van der Waals surface area contributed by atoms with Gasteiger partial charge in [-0.2, -0.15) is 4.98 Å². The highest BCUT2D eigenvalue weighted by atomic mass is 35.5. The number of aliphatic hydroxyl groups is 1. The van der Waals surface area contributed by atoms with Crippen LogP contribution in [0.1, 0.15) is 37.2 Å². The fourth-order valence-electron chi connectivity index (χ4n) is 1.85. The SMILES string of the molecule is COc1ccc(/C=C/c2nc(C(O)[C@@H](N)C(C)C)no2)cc1.Cl. The van der Waals surface area contributed by atoms with Crippen LogP contribution in [0.4, 0.5) is 0 Å². The summed E-state index contributed by atoms with van der Waals surface area (Å²) in [5.41, 5.74) is 6.86. The van der Waals surface area contributed by atoms with Gasteiger partial charge >= 0.3 is 0 Å². The topological polar surface area (TPSA) is 94.4 Å². The molecule has 23 heavy (non-hydrogen) atoms. The average Bonchev–Trinajstić information content (AvgIpc) is 3.00. The van der Waals surface area contributed by atoms with E-state index in [1.807, 2.05) is 44.2 Å². The Morgan fingerprint density at radius 1 is 1.22 bits per heavy atom. The highest BCUT2D eigenvalue weighted by Crippen LogP contribution is 2.18. The van der Waals surface area contributed by atoms with Crippen LogP contribution in [0.15, 0.2) is 28.8 Å². The van der Waals surface area contributed by atoms with Crippen LogP contribution in [0.2, 0.25) is 0 Å². The molecule has 0 bridgehead atoms. The molecular formula is C16H22ClN3O3. The van der Waals surface area contributed by atoms with Gasteiger partial charge in [0, 0.05) is 12.1 Å². The summed E-state index contributed by atoms with van der Waals surface area (Å²) in [5.74, 6) is 1.44. The standard InChI is InChI=1S/C16H21N3O3.ClH/c1-10(2)14(17)15(20)16-18-13(22-19-16)9-6-11-4-7-12(21-3)8-5-11;/h4-10,14-15,20H,17H2,1-3H3;1H/b9-6+;/t14-,15?;/m0./s1. The second kappa shape index (κ2) is 8.67. The van der Waals surface area contributed by atoms with E-state index in [0.717, 1.165) is 11.3 Å². The van der Waals surface area contributed by atoms with E-state index in [1.165, 1.54) is 0 Å². The first-order valence-electron chi connectivity index (χ1n) is 7.10. The molecule has 2 rings (SSSR count).